The zero-order chi connectivity index (χ0) is 16.9. The number of aromatic hydroxyl groups is 1. The van der Waals surface area contributed by atoms with Crippen molar-refractivity contribution in [1.82, 2.24) is 20.1 Å². The van der Waals surface area contributed by atoms with Gasteiger partial charge in [-0.1, -0.05) is 18.2 Å². The van der Waals surface area contributed by atoms with Crippen LogP contribution in [0.1, 0.15) is 21.6 Å². The molecular formula is C18H18N4O2. The van der Waals surface area contributed by atoms with Gasteiger partial charge >= 0.3 is 0 Å². The molecule has 0 aliphatic heterocycles. The van der Waals surface area contributed by atoms with Gasteiger partial charge in [-0.3, -0.25) is 4.79 Å². The summed E-state index contributed by atoms with van der Waals surface area (Å²) < 4.78 is 1.65. The Labute approximate surface area is 139 Å². The Morgan fingerprint density at radius 3 is 2.71 bits per heavy atom. The van der Waals surface area contributed by atoms with Gasteiger partial charge in [-0.05, 0) is 43.2 Å². The second-order valence-electron chi connectivity index (χ2n) is 5.42. The highest BCUT2D eigenvalue weighted by atomic mass is 16.3. The average molecular weight is 322 g/mol. The SMILES string of the molecule is Cc1c(C(=O)NCCc2ccc(O)cc2)cnn1-c1ccccn1. The first kappa shape index (κ1) is 15.7. The summed E-state index contributed by atoms with van der Waals surface area (Å²) in [4.78, 5) is 16.6. The fraction of sp³-hybridized carbons (Fsp3) is 0.167. The number of rotatable bonds is 5. The van der Waals surface area contributed by atoms with Crippen molar-refractivity contribution in [3.05, 3.63) is 71.7 Å². The topological polar surface area (TPSA) is 80.0 Å². The molecule has 122 valence electrons. The van der Waals surface area contributed by atoms with Gasteiger partial charge in [-0.15, -0.1) is 0 Å². The van der Waals surface area contributed by atoms with E-state index in [9.17, 15) is 9.90 Å². The predicted molar refractivity (Wildman–Crippen MR) is 90.2 cm³/mol. The standard InChI is InChI=1S/C18H18N4O2/c1-13-16(12-21-22(13)17-4-2-3-10-19-17)18(24)20-11-9-14-5-7-15(23)8-6-14/h2-8,10,12,23H,9,11H2,1H3,(H,20,24). The molecule has 3 rings (SSSR count). The Morgan fingerprint density at radius 2 is 2.00 bits per heavy atom. The normalized spacial score (nSPS) is 10.5. The largest absolute Gasteiger partial charge is 0.508 e. The smallest absolute Gasteiger partial charge is 0.254 e. The van der Waals surface area contributed by atoms with Gasteiger partial charge < -0.3 is 10.4 Å². The number of hydrogen-bond acceptors (Lipinski definition) is 4. The number of aromatic nitrogens is 3. The number of phenols is 1. The molecular weight excluding hydrogens is 304 g/mol. The lowest BCUT2D eigenvalue weighted by Gasteiger charge is -2.06. The van der Waals surface area contributed by atoms with Crippen LogP contribution in [0, 0.1) is 6.92 Å². The lowest BCUT2D eigenvalue weighted by Crippen LogP contribution is -2.26. The first-order valence-electron chi connectivity index (χ1n) is 7.67. The minimum atomic E-state index is -0.159. The second-order valence-corrected chi connectivity index (χ2v) is 5.42. The monoisotopic (exact) mass is 322 g/mol. The van der Waals surface area contributed by atoms with Gasteiger partial charge in [-0.2, -0.15) is 5.10 Å². The summed E-state index contributed by atoms with van der Waals surface area (Å²) in [6.07, 6.45) is 3.94. The average Bonchev–Trinajstić information content (AvgIpc) is 2.99. The van der Waals surface area contributed by atoms with E-state index in [2.05, 4.69) is 15.4 Å². The molecule has 2 N–H and O–H groups in total. The lowest BCUT2D eigenvalue weighted by molar-refractivity contribution is 0.0953. The minimum absolute atomic E-state index is 0.159. The summed E-state index contributed by atoms with van der Waals surface area (Å²) in [6, 6.07) is 12.5. The third-order valence-electron chi connectivity index (χ3n) is 3.76. The Morgan fingerprint density at radius 1 is 1.21 bits per heavy atom. The highest BCUT2D eigenvalue weighted by molar-refractivity contribution is 5.95. The van der Waals surface area contributed by atoms with E-state index < -0.39 is 0 Å². The van der Waals surface area contributed by atoms with Crippen LogP contribution in [0.5, 0.6) is 5.75 Å². The van der Waals surface area contributed by atoms with Gasteiger partial charge in [0.2, 0.25) is 0 Å². The van der Waals surface area contributed by atoms with Crippen LogP contribution in [0.4, 0.5) is 0 Å². The first-order chi connectivity index (χ1) is 11.6. The van der Waals surface area contributed by atoms with E-state index >= 15 is 0 Å². The summed E-state index contributed by atoms with van der Waals surface area (Å²) >= 11 is 0. The molecule has 0 aliphatic rings. The van der Waals surface area contributed by atoms with Crippen molar-refractivity contribution < 1.29 is 9.90 Å². The zero-order valence-corrected chi connectivity index (χ0v) is 13.3. The third kappa shape index (κ3) is 3.43. The molecule has 0 atom stereocenters. The summed E-state index contributed by atoms with van der Waals surface area (Å²) in [5, 5.41) is 16.4. The summed E-state index contributed by atoms with van der Waals surface area (Å²) in [7, 11) is 0. The molecule has 2 aromatic heterocycles. The number of benzene rings is 1. The molecule has 24 heavy (non-hydrogen) atoms. The van der Waals surface area contributed by atoms with Crippen LogP contribution in [0.2, 0.25) is 0 Å². The zero-order valence-electron chi connectivity index (χ0n) is 13.3. The van der Waals surface area contributed by atoms with Crippen LogP contribution >= 0.6 is 0 Å². The third-order valence-corrected chi connectivity index (χ3v) is 3.76. The number of nitrogens with zero attached hydrogens (tertiary/aromatic N) is 3. The van der Waals surface area contributed by atoms with Gasteiger partial charge in [0.1, 0.15) is 5.75 Å². The number of amides is 1. The summed E-state index contributed by atoms with van der Waals surface area (Å²) in [5.74, 6) is 0.756. The molecule has 2 heterocycles. The number of pyridine rings is 1. The quantitative estimate of drug-likeness (QED) is 0.755. The van der Waals surface area contributed by atoms with Crippen LogP contribution in [-0.4, -0.2) is 32.3 Å². The maximum absolute atomic E-state index is 12.3. The van der Waals surface area contributed by atoms with E-state index in [1.165, 1.54) is 0 Å². The Hall–Kier alpha value is -3.15. The van der Waals surface area contributed by atoms with Gasteiger partial charge in [0.05, 0.1) is 17.5 Å². The van der Waals surface area contributed by atoms with Crippen LogP contribution in [0.3, 0.4) is 0 Å². The Balaban J connectivity index is 1.63. The fourth-order valence-electron chi connectivity index (χ4n) is 2.42. The molecule has 0 saturated heterocycles. The molecule has 0 unspecified atom stereocenters. The molecule has 0 saturated carbocycles. The molecule has 0 spiro atoms. The fourth-order valence-corrected chi connectivity index (χ4v) is 2.42. The first-order valence-corrected chi connectivity index (χ1v) is 7.67. The number of hydrogen-bond donors (Lipinski definition) is 2. The highest BCUT2D eigenvalue weighted by Gasteiger charge is 2.15. The van der Waals surface area contributed by atoms with Crippen molar-refractivity contribution in [1.29, 1.82) is 0 Å². The number of nitrogens with one attached hydrogen (secondary N) is 1. The molecule has 6 heteroatoms. The Kier molecular flexibility index (Phi) is 4.56. The van der Waals surface area contributed by atoms with Crippen molar-refractivity contribution in [3.8, 4) is 11.6 Å². The number of carbonyl (C=O) groups is 1. The van der Waals surface area contributed by atoms with Gasteiger partial charge in [0.25, 0.3) is 5.91 Å². The van der Waals surface area contributed by atoms with E-state index in [0.717, 1.165) is 11.3 Å². The van der Waals surface area contributed by atoms with E-state index in [4.69, 9.17) is 0 Å². The van der Waals surface area contributed by atoms with E-state index in [0.29, 0.717) is 24.3 Å². The van der Waals surface area contributed by atoms with Gasteiger partial charge in [0.15, 0.2) is 5.82 Å². The highest BCUT2D eigenvalue weighted by Crippen LogP contribution is 2.12. The summed E-state index contributed by atoms with van der Waals surface area (Å²) in [5.41, 5.74) is 2.33. The van der Waals surface area contributed by atoms with Crippen molar-refractivity contribution in [2.75, 3.05) is 6.54 Å². The van der Waals surface area contributed by atoms with E-state index in [-0.39, 0.29) is 11.7 Å². The molecule has 0 bridgehead atoms. The molecule has 3 aromatic rings. The van der Waals surface area contributed by atoms with Gasteiger partial charge in [0, 0.05) is 12.7 Å². The van der Waals surface area contributed by atoms with E-state index in [1.54, 1.807) is 29.2 Å². The number of phenolic OH excluding ortho intramolecular Hbond substituents is 1. The molecule has 1 aromatic carbocycles. The second kappa shape index (κ2) is 6.95. The minimum Gasteiger partial charge on any atom is -0.508 e. The predicted octanol–water partition coefficient (Wildman–Crippen LogP) is 2.25. The van der Waals surface area contributed by atoms with Crippen LogP contribution in [-0.2, 0) is 6.42 Å². The maximum Gasteiger partial charge on any atom is 0.254 e. The molecule has 1 amide bonds. The van der Waals surface area contributed by atoms with Gasteiger partial charge in [-0.25, -0.2) is 9.67 Å². The van der Waals surface area contributed by atoms with Crippen LogP contribution in [0.25, 0.3) is 5.82 Å². The molecule has 0 fully saturated rings. The van der Waals surface area contributed by atoms with Crippen LogP contribution in [0.15, 0.2) is 54.9 Å². The number of carbonyl (C=O) groups excluding carboxylic acids is 1. The van der Waals surface area contributed by atoms with E-state index in [1.807, 2.05) is 37.3 Å². The van der Waals surface area contributed by atoms with Crippen molar-refractivity contribution in [2.45, 2.75) is 13.3 Å². The lowest BCUT2D eigenvalue weighted by atomic mass is 10.1. The molecule has 0 aliphatic carbocycles. The maximum atomic E-state index is 12.3. The van der Waals surface area contributed by atoms with Crippen molar-refractivity contribution >= 4 is 5.91 Å². The molecule has 0 radical (unpaired) electrons. The van der Waals surface area contributed by atoms with Crippen LogP contribution < -0.4 is 5.32 Å². The van der Waals surface area contributed by atoms with Crippen molar-refractivity contribution in [3.63, 3.8) is 0 Å². The molecule has 6 nitrogen and oxygen atoms in total. The summed E-state index contributed by atoms with van der Waals surface area (Å²) in [6.45, 7) is 2.36. The van der Waals surface area contributed by atoms with Crippen molar-refractivity contribution in [2.24, 2.45) is 0 Å². The Bertz CT molecular complexity index is 826.